The van der Waals surface area contributed by atoms with Crippen molar-refractivity contribution in [2.75, 3.05) is 26.2 Å². The van der Waals surface area contributed by atoms with Crippen LogP contribution in [0.25, 0.3) is 0 Å². The monoisotopic (exact) mass is 337 g/mol. The number of nitrogens with zero attached hydrogens (tertiary/aromatic N) is 1. The zero-order chi connectivity index (χ0) is 17.8. The van der Waals surface area contributed by atoms with Crippen molar-refractivity contribution >= 4 is 11.9 Å². The van der Waals surface area contributed by atoms with Crippen molar-refractivity contribution < 1.29 is 24.5 Å². The molecule has 0 spiro atoms. The van der Waals surface area contributed by atoms with Gasteiger partial charge in [0.2, 0.25) is 0 Å². The van der Waals surface area contributed by atoms with Crippen molar-refractivity contribution in [3.63, 3.8) is 0 Å². The van der Waals surface area contributed by atoms with Crippen LogP contribution < -0.4 is 4.74 Å². The molecule has 24 heavy (non-hydrogen) atoms. The number of carboxylic acids is 2. The molecule has 6 heteroatoms. The van der Waals surface area contributed by atoms with Gasteiger partial charge in [-0.1, -0.05) is 25.5 Å². The first-order chi connectivity index (χ1) is 11.5. The molecule has 0 aliphatic carbocycles. The summed E-state index contributed by atoms with van der Waals surface area (Å²) in [4.78, 5) is 20.8. The van der Waals surface area contributed by atoms with E-state index in [0.29, 0.717) is 0 Å². The maximum Gasteiger partial charge on any atom is 0.414 e. The number of aryl methyl sites for hydroxylation is 1. The second-order valence-corrected chi connectivity index (χ2v) is 5.72. The van der Waals surface area contributed by atoms with Crippen molar-refractivity contribution in [1.82, 2.24) is 4.90 Å². The Kier molecular flexibility index (Phi) is 9.53. The lowest BCUT2D eigenvalue weighted by molar-refractivity contribution is -0.159. The first-order valence-corrected chi connectivity index (χ1v) is 8.43. The summed E-state index contributed by atoms with van der Waals surface area (Å²) < 4.78 is 5.81. The molecule has 1 aromatic carbocycles. The molecule has 1 aliphatic rings. The van der Waals surface area contributed by atoms with Crippen LogP contribution >= 0.6 is 0 Å². The number of hydrogen-bond acceptors (Lipinski definition) is 4. The SMILES string of the molecule is CCc1cccc(OCCCN2CCCCC2)c1.O=C(O)C(=O)O. The quantitative estimate of drug-likeness (QED) is 0.613. The normalized spacial score (nSPS) is 14.4. The van der Waals surface area contributed by atoms with E-state index in [2.05, 4.69) is 36.1 Å². The van der Waals surface area contributed by atoms with Crippen LogP contribution in [0.1, 0.15) is 38.2 Å². The van der Waals surface area contributed by atoms with Gasteiger partial charge in [0, 0.05) is 6.54 Å². The summed E-state index contributed by atoms with van der Waals surface area (Å²) in [5, 5.41) is 14.8. The van der Waals surface area contributed by atoms with E-state index in [0.717, 1.165) is 25.2 Å². The summed E-state index contributed by atoms with van der Waals surface area (Å²) in [6.45, 7) is 6.77. The fraction of sp³-hybridized carbons (Fsp3) is 0.556. The number of benzene rings is 1. The van der Waals surface area contributed by atoms with Crippen molar-refractivity contribution in [3.8, 4) is 5.75 Å². The Bertz CT molecular complexity index is 500. The van der Waals surface area contributed by atoms with Gasteiger partial charge in [0.25, 0.3) is 0 Å². The van der Waals surface area contributed by atoms with Crippen LogP contribution in [0.5, 0.6) is 5.75 Å². The average molecular weight is 337 g/mol. The molecule has 0 bridgehead atoms. The van der Waals surface area contributed by atoms with Crippen molar-refractivity contribution in [2.24, 2.45) is 0 Å². The van der Waals surface area contributed by atoms with Gasteiger partial charge in [-0.2, -0.15) is 0 Å². The summed E-state index contributed by atoms with van der Waals surface area (Å²) in [7, 11) is 0. The molecular formula is C18H27NO5. The van der Waals surface area contributed by atoms with E-state index in [1.54, 1.807) is 0 Å². The Balaban J connectivity index is 0.000000413. The van der Waals surface area contributed by atoms with E-state index in [4.69, 9.17) is 24.5 Å². The van der Waals surface area contributed by atoms with Gasteiger partial charge >= 0.3 is 11.9 Å². The van der Waals surface area contributed by atoms with E-state index in [-0.39, 0.29) is 0 Å². The molecule has 0 aromatic heterocycles. The molecule has 1 fully saturated rings. The first-order valence-electron chi connectivity index (χ1n) is 8.43. The number of carbonyl (C=O) groups is 2. The average Bonchev–Trinajstić information content (AvgIpc) is 2.60. The molecule has 0 radical (unpaired) electrons. The van der Waals surface area contributed by atoms with Gasteiger partial charge in [0.15, 0.2) is 0 Å². The summed E-state index contributed by atoms with van der Waals surface area (Å²) in [5.74, 6) is -2.63. The van der Waals surface area contributed by atoms with Crippen LogP contribution in [-0.2, 0) is 16.0 Å². The first kappa shape index (κ1) is 20.0. The molecule has 0 amide bonds. The predicted octanol–water partition coefficient (Wildman–Crippen LogP) is 2.66. The number of piperidine rings is 1. The summed E-state index contributed by atoms with van der Waals surface area (Å²) in [5.41, 5.74) is 1.35. The lowest BCUT2D eigenvalue weighted by Crippen LogP contribution is -2.31. The summed E-state index contributed by atoms with van der Waals surface area (Å²) in [6, 6.07) is 8.44. The van der Waals surface area contributed by atoms with Crippen LogP contribution in [0.4, 0.5) is 0 Å². The molecule has 2 N–H and O–H groups in total. The van der Waals surface area contributed by atoms with Gasteiger partial charge in [-0.3, -0.25) is 0 Å². The highest BCUT2D eigenvalue weighted by molar-refractivity contribution is 6.27. The second kappa shape index (κ2) is 11.5. The molecule has 1 aliphatic heterocycles. The second-order valence-electron chi connectivity index (χ2n) is 5.72. The van der Waals surface area contributed by atoms with E-state index < -0.39 is 11.9 Å². The molecule has 134 valence electrons. The number of ether oxygens (including phenoxy) is 1. The number of hydrogen-bond donors (Lipinski definition) is 2. The van der Waals surface area contributed by atoms with Crippen LogP contribution in [0.2, 0.25) is 0 Å². The van der Waals surface area contributed by atoms with Gasteiger partial charge < -0.3 is 19.8 Å². The lowest BCUT2D eigenvalue weighted by Gasteiger charge is -2.26. The minimum absolute atomic E-state index is 0.837. The molecule has 6 nitrogen and oxygen atoms in total. The Labute approximate surface area is 143 Å². The Hall–Kier alpha value is -2.08. The molecule has 2 rings (SSSR count). The molecular weight excluding hydrogens is 310 g/mol. The van der Waals surface area contributed by atoms with E-state index in [9.17, 15) is 0 Å². The van der Waals surface area contributed by atoms with Crippen LogP contribution in [0, 0.1) is 0 Å². The molecule has 1 saturated heterocycles. The van der Waals surface area contributed by atoms with Crippen LogP contribution in [0.15, 0.2) is 24.3 Å². The molecule has 0 atom stereocenters. The highest BCUT2D eigenvalue weighted by Gasteiger charge is 2.09. The van der Waals surface area contributed by atoms with Crippen LogP contribution in [-0.4, -0.2) is 53.3 Å². The molecule has 0 unspecified atom stereocenters. The standard InChI is InChI=1S/C16H25NO.C2H2O4/c1-2-15-8-6-9-16(14-15)18-13-7-12-17-10-4-3-5-11-17;3-1(4)2(5)6/h6,8-9,14H,2-5,7,10-13H2,1H3;(H,3,4)(H,5,6). The highest BCUT2D eigenvalue weighted by Crippen LogP contribution is 2.14. The third kappa shape index (κ3) is 8.53. The number of aliphatic carboxylic acids is 2. The molecule has 1 heterocycles. The molecule has 1 aromatic rings. The summed E-state index contributed by atoms with van der Waals surface area (Å²) in [6.07, 6.45) is 6.37. The smallest absolute Gasteiger partial charge is 0.414 e. The van der Waals surface area contributed by atoms with Gasteiger partial charge in [-0.25, -0.2) is 9.59 Å². The van der Waals surface area contributed by atoms with E-state index >= 15 is 0 Å². The van der Waals surface area contributed by atoms with Gasteiger partial charge in [-0.15, -0.1) is 0 Å². The van der Waals surface area contributed by atoms with Gasteiger partial charge in [-0.05, 0) is 56.5 Å². The van der Waals surface area contributed by atoms with Crippen LogP contribution in [0.3, 0.4) is 0 Å². The number of carboxylic acid groups (broad SMARTS) is 2. The third-order valence-corrected chi connectivity index (χ3v) is 3.83. The van der Waals surface area contributed by atoms with Crippen molar-refractivity contribution in [2.45, 2.75) is 39.0 Å². The lowest BCUT2D eigenvalue weighted by atomic mass is 10.1. The summed E-state index contributed by atoms with van der Waals surface area (Å²) >= 11 is 0. The fourth-order valence-corrected chi connectivity index (χ4v) is 2.52. The minimum atomic E-state index is -1.82. The number of rotatable bonds is 6. The zero-order valence-electron chi connectivity index (χ0n) is 14.2. The largest absolute Gasteiger partial charge is 0.494 e. The van der Waals surface area contributed by atoms with Gasteiger partial charge in [0.05, 0.1) is 6.61 Å². The molecule has 0 saturated carbocycles. The third-order valence-electron chi connectivity index (χ3n) is 3.83. The van der Waals surface area contributed by atoms with Crippen molar-refractivity contribution in [1.29, 1.82) is 0 Å². The Morgan fingerprint density at radius 2 is 1.79 bits per heavy atom. The number of likely N-dealkylation sites (tertiary alicyclic amines) is 1. The Morgan fingerprint density at radius 1 is 1.12 bits per heavy atom. The van der Waals surface area contributed by atoms with E-state index in [1.165, 1.54) is 44.5 Å². The van der Waals surface area contributed by atoms with Gasteiger partial charge in [0.1, 0.15) is 5.75 Å². The van der Waals surface area contributed by atoms with Crippen molar-refractivity contribution in [3.05, 3.63) is 29.8 Å². The minimum Gasteiger partial charge on any atom is -0.494 e. The topological polar surface area (TPSA) is 87.1 Å². The predicted molar refractivity (Wildman–Crippen MR) is 91.5 cm³/mol. The fourth-order valence-electron chi connectivity index (χ4n) is 2.52. The maximum atomic E-state index is 9.10. The maximum absolute atomic E-state index is 9.10. The highest BCUT2D eigenvalue weighted by atomic mass is 16.5. The van der Waals surface area contributed by atoms with E-state index in [1.807, 2.05) is 0 Å². The Morgan fingerprint density at radius 3 is 2.38 bits per heavy atom. The zero-order valence-corrected chi connectivity index (χ0v) is 14.2.